The summed E-state index contributed by atoms with van der Waals surface area (Å²) in [5, 5.41) is 7.85. The summed E-state index contributed by atoms with van der Waals surface area (Å²) in [5.41, 5.74) is 3.40. The van der Waals surface area contributed by atoms with Crippen LogP contribution in [0.25, 0.3) is 11.0 Å². The molecule has 2 aromatic heterocycles. The summed E-state index contributed by atoms with van der Waals surface area (Å²) in [5.74, 6) is 1.70. The maximum Gasteiger partial charge on any atom is 0.191 e. The van der Waals surface area contributed by atoms with Crippen molar-refractivity contribution in [1.82, 2.24) is 15.6 Å². The van der Waals surface area contributed by atoms with Crippen molar-refractivity contribution < 1.29 is 4.42 Å². The highest BCUT2D eigenvalue weighted by molar-refractivity contribution is 5.81. The standard InChI is InChI=1S/C21H26N4O/c1-4-23-21(24-12-10-17-9-11-22-14-15(17)2)25-16(3)20-13-18-7-5-6-8-19(18)26-20/h5-9,11,13-14,16H,4,10,12H2,1-3H3,(H2,23,24,25). The third kappa shape index (κ3) is 4.42. The van der Waals surface area contributed by atoms with Crippen molar-refractivity contribution in [1.29, 1.82) is 0 Å². The molecular formula is C21H26N4O. The van der Waals surface area contributed by atoms with Gasteiger partial charge in [0.2, 0.25) is 0 Å². The number of rotatable bonds is 6. The Morgan fingerprint density at radius 1 is 1.27 bits per heavy atom. The zero-order chi connectivity index (χ0) is 18.4. The number of nitrogens with zero attached hydrogens (tertiary/aromatic N) is 2. The van der Waals surface area contributed by atoms with Gasteiger partial charge in [-0.3, -0.25) is 9.98 Å². The van der Waals surface area contributed by atoms with Crippen molar-refractivity contribution in [2.45, 2.75) is 33.2 Å². The molecule has 0 radical (unpaired) electrons. The van der Waals surface area contributed by atoms with Gasteiger partial charge in [0, 0.05) is 30.9 Å². The number of aromatic nitrogens is 1. The van der Waals surface area contributed by atoms with Gasteiger partial charge in [-0.1, -0.05) is 18.2 Å². The van der Waals surface area contributed by atoms with Gasteiger partial charge in [0.25, 0.3) is 0 Å². The molecule has 5 nitrogen and oxygen atoms in total. The van der Waals surface area contributed by atoms with Gasteiger partial charge in [-0.25, -0.2) is 0 Å². The molecule has 0 saturated heterocycles. The van der Waals surface area contributed by atoms with E-state index in [1.807, 2.05) is 30.6 Å². The molecule has 0 saturated carbocycles. The minimum absolute atomic E-state index is 0.0304. The molecule has 0 aliphatic carbocycles. The summed E-state index contributed by atoms with van der Waals surface area (Å²) in [6.07, 6.45) is 4.62. The third-order valence-electron chi connectivity index (χ3n) is 4.36. The Hall–Kier alpha value is -2.82. The van der Waals surface area contributed by atoms with Crippen LogP contribution in [0.15, 0.2) is 58.2 Å². The summed E-state index contributed by atoms with van der Waals surface area (Å²) in [7, 11) is 0. The molecule has 0 fully saturated rings. The number of nitrogens with one attached hydrogen (secondary N) is 2. The minimum atomic E-state index is 0.0304. The predicted octanol–water partition coefficient (Wildman–Crippen LogP) is 4.00. The van der Waals surface area contributed by atoms with Gasteiger partial charge in [-0.05, 0) is 56.5 Å². The lowest BCUT2D eigenvalue weighted by Gasteiger charge is -2.16. The normalized spacial score (nSPS) is 13.0. The van der Waals surface area contributed by atoms with Gasteiger partial charge in [-0.15, -0.1) is 0 Å². The molecule has 0 amide bonds. The SMILES string of the molecule is CCNC(=NCCc1ccncc1C)NC(C)c1cc2ccccc2o1. The van der Waals surface area contributed by atoms with Crippen LogP contribution in [0, 0.1) is 6.92 Å². The van der Waals surface area contributed by atoms with E-state index in [2.05, 4.69) is 54.6 Å². The number of furan rings is 1. The van der Waals surface area contributed by atoms with Crippen molar-refractivity contribution in [3.05, 3.63) is 65.7 Å². The fourth-order valence-electron chi connectivity index (χ4n) is 2.88. The summed E-state index contributed by atoms with van der Waals surface area (Å²) >= 11 is 0. The summed E-state index contributed by atoms with van der Waals surface area (Å²) in [6.45, 7) is 7.76. The van der Waals surface area contributed by atoms with Crippen molar-refractivity contribution in [3.63, 3.8) is 0 Å². The van der Waals surface area contributed by atoms with Crippen LogP contribution >= 0.6 is 0 Å². The van der Waals surface area contributed by atoms with Crippen LogP contribution in [0.2, 0.25) is 0 Å². The Morgan fingerprint density at radius 2 is 2.12 bits per heavy atom. The smallest absolute Gasteiger partial charge is 0.191 e. The minimum Gasteiger partial charge on any atom is -0.459 e. The van der Waals surface area contributed by atoms with Crippen molar-refractivity contribution >= 4 is 16.9 Å². The number of benzene rings is 1. The first-order valence-electron chi connectivity index (χ1n) is 9.10. The number of pyridine rings is 1. The Labute approximate surface area is 154 Å². The van der Waals surface area contributed by atoms with Gasteiger partial charge in [-0.2, -0.15) is 0 Å². The van der Waals surface area contributed by atoms with Crippen LogP contribution in [-0.2, 0) is 6.42 Å². The van der Waals surface area contributed by atoms with Crippen LogP contribution in [0.5, 0.6) is 0 Å². The number of aryl methyl sites for hydroxylation is 1. The number of hydrogen-bond acceptors (Lipinski definition) is 3. The van der Waals surface area contributed by atoms with E-state index >= 15 is 0 Å². The summed E-state index contributed by atoms with van der Waals surface area (Å²) in [4.78, 5) is 8.84. The lowest BCUT2D eigenvalue weighted by atomic mass is 10.1. The number of aliphatic imine (C=N–C) groups is 1. The molecule has 2 N–H and O–H groups in total. The van der Waals surface area contributed by atoms with E-state index in [-0.39, 0.29) is 6.04 Å². The van der Waals surface area contributed by atoms with Crippen molar-refractivity contribution in [2.75, 3.05) is 13.1 Å². The lowest BCUT2D eigenvalue weighted by Crippen LogP contribution is -2.38. The van der Waals surface area contributed by atoms with Crippen LogP contribution in [0.4, 0.5) is 0 Å². The number of guanidine groups is 1. The Morgan fingerprint density at radius 3 is 2.88 bits per heavy atom. The van der Waals surface area contributed by atoms with Gasteiger partial charge in [0.1, 0.15) is 11.3 Å². The molecule has 26 heavy (non-hydrogen) atoms. The first-order chi connectivity index (χ1) is 12.7. The maximum absolute atomic E-state index is 5.95. The average Bonchev–Trinajstić information content (AvgIpc) is 3.08. The molecule has 0 aliphatic rings. The zero-order valence-corrected chi connectivity index (χ0v) is 15.6. The van der Waals surface area contributed by atoms with E-state index in [9.17, 15) is 0 Å². The number of fused-ring (bicyclic) bond motifs is 1. The van der Waals surface area contributed by atoms with E-state index in [0.717, 1.165) is 35.7 Å². The van der Waals surface area contributed by atoms with E-state index in [1.54, 1.807) is 0 Å². The molecule has 1 unspecified atom stereocenters. The van der Waals surface area contributed by atoms with Gasteiger partial charge in [0.05, 0.1) is 6.04 Å². The van der Waals surface area contributed by atoms with Crippen LogP contribution in [0.3, 0.4) is 0 Å². The first-order valence-corrected chi connectivity index (χ1v) is 9.10. The fourth-order valence-corrected chi connectivity index (χ4v) is 2.88. The maximum atomic E-state index is 5.95. The van der Waals surface area contributed by atoms with Crippen molar-refractivity contribution in [3.8, 4) is 0 Å². The molecule has 3 aromatic rings. The number of hydrogen-bond donors (Lipinski definition) is 2. The molecule has 3 rings (SSSR count). The summed E-state index contributed by atoms with van der Waals surface area (Å²) < 4.78 is 5.95. The highest BCUT2D eigenvalue weighted by Crippen LogP contribution is 2.23. The van der Waals surface area contributed by atoms with Gasteiger partial charge < -0.3 is 15.1 Å². The summed E-state index contributed by atoms with van der Waals surface area (Å²) in [6, 6.07) is 12.2. The average molecular weight is 350 g/mol. The largest absolute Gasteiger partial charge is 0.459 e. The second-order valence-electron chi connectivity index (χ2n) is 6.37. The molecule has 0 bridgehead atoms. The second-order valence-corrected chi connectivity index (χ2v) is 6.37. The molecule has 1 aromatic carbocycles. The second kappa shape index (κ2) is 8.52. The topological polar surface area (TPSA) is 62.5 Å². The molecule has 2 heterocycles. The van der Waals surface area contributed by atoms with E-state index in [4.69, 9.17) is 9.41 Å². The Bertz CT molecular complexity index is 851. The van der Waals surface area contributed by atoms with Crippen LogP contribution in [0.1, 0.15) is 36.8 Å². The van der Waals surface area contributed by atoms with Crippen LogP contribution in [-0.4, -0.2) is 24.0 Å². The lowest BCUT2D eigenvalue weighted by molar-refractivity contribution is 0.488. The van der Waals surface area contributed by atoms with E-state index in [1.165, 1.54) is 11.1 Å². The highest BCUT2D eigenvalue weighted by Gasteiger charge is 2.12. The molecule has 0 aliphatic heterocycles. The molecule has 136 valence electrons. The monoisotopic (exact) mass is 350 g/mol. The first kappa shape index (κ1) is 18.0. The molecule has 0 spiro atoms. The Balaban J connectivity index is 1.66. The number of para-hydroxylation sites is 1. The highest BCUT2D eigenvalue weighted by atomic mass is 16.3. The Kier molecular flexibility index (Phi) is 5.89. The quantitative estimate of drug-likeness (QED) is 0.521. The molecule has 5 heteroatoms. The third-order valence-corrected chi connectivity index (χ3v) is 4.36. The predicted molar refractivity (Wildman–Crippen MR) is 106 cm³/mol. The van der Waals surface area contributed by atoms with E-state index < -0.39 is 0 Å². The molecule has 1 atom stereocenters. The van der Waals surface area contributed by atoms with Crippen LogP contribution < -0.4 is 10.6 Å². The van der Waals surface area contributed by atoms with Crippen molar-refractivity contribution in [2.24, 2.45) is 4.99 Å². The zero-order valence-electron chi connectivity index (χ0n) is 15.6. The van der Waals surface area contributed by atoms with Gasteiger partial charge >= 0.3 is 0 Å². The molecular weight excluding hydrogens is 324 g/mol. The fraction of sp³-hybridized carbons (Fsp3) is 0.333. The van der Waals surface area contributed by atoms with Gasteiger partial charge in [0.15, 0.2) is 5.96 Å². The van der Waals surface area contributed by atoms with E-state index in [0.29, 0.717) is 6.54 Å².